The van der Waals surface area contributed by atoms with Crippen molar-refractivity contribution in [3.63, 3.8) is 0 Å². The lowest BCUT2D eigenvalue weighted by Gasteiger charge is -2.14. The predicted octanol–water partition coefficient (Wildman–Crippen LogP) is 3.52. The molecule has 2 N–H and O–H groups in total. The van der Waals surface area contributed by atoms with Gasteiger partial charge in [0, 0.05) is 28.4 Å². The summed E-state index contributed by atoms with van der Waals surface area (Å²) in [6, 6.07) is 10.1. The molecule has 1 saturated heterocycles. The van der Waals surface area contributed by atoms with Gasteiger partial charge in [-0.3, -0.25) is 14.9 Å². The first-order valence-corrected chi connectivity index (χ1v) is 10.1. The molecule has 1 fully saturated rings. The molecular formula is C20H19N3O2S2. The number of carbonyl (C=O) groups is 2. The van der Waals surface area contributed by atoms with Gasteiger partial charge in [0.2, 0.25) is 0 Å². The number of thiophene rings is 1. The number of fused-ring (bicyclic) bond motifs is 1. The fraction of sp³-hybridized carbons (Fsp3) is 0.250. The number of hydrogen-bond acceptors (Lipinski definition) is 4. The van der Waals surface area contributed by atoms with E-state index < -0.39 is 0 Å². The maximum Gasteiger partial charge on any atom is 0.273 e. The van der Waals surface area contributed by atoms with Crippen LogP contribution in [0.2, 0.25) is 0 Å². The first-order valence-electron chi connectivity index (χ1n) is 8.91. The standard InChI is InChI=1S/C20H19N3O2S2/c1-2-3-8-23-11-13-9-12(4-6-15(13)19(23)25)17-7-5-14(27-17)10-16-18(24)22-20(26)21-16/h4-7,9-10H,2-3,8,11H2,1H3,(H2,21,22,24,26)/b16-10+. The number of hydrogen-bond donors (Lipinski definition) is 2. The van der Waals surface area contributed by atoms with Crippen molar-refractivity contribution in [1.82, 2.24) is 15.5 Å². The monoisotopic (exact) mass is 397 g/mol. The fourth-order valence-electron chi connectivity index (χ4n) is 3.27. The number of unbranched alkanes of at least 4 members (excludes halogenated alkanes) is 1. The highest BCUT2D eigenvalue weighted by Gasteiger charge is 2.27. The molecule has 4 rings (SSSR count). The highest BCUT2D eigenvalue weighted by Crippen LogP contribution is 2.33. The van der Waals surface area contributed by atoms with E-state index in [-0.39, 0.29) is 11.8 Å². The van der Waals surface area contributed by atoms with Crippen LogP contribution in [0.1, 0.15) is 40.6 Å². The van der Waals surface area contributed by atoms with E-state index in [1.165, 1.54) is 0 Å². The van der Waals surface area contributed by atoms with Gasteiger partial charge in [-0.05, 0) is 60.1 Å². The second-order valence-electron chi connectivity index (χ2n) is 6.62. The molecule has 138 valence electrons. The third-order valence-corrected chi connectivity index (χ3v) is 5.97. The van der Waals surface area contributed by atoms with Gasteiger partial charge >= 0.3 is 0 Å². The van der Waals surface area contributed by atoms with Crippen LogP contribution in [0.3, 0.4) is 0 Å². The summed E-state index contributed by atoms with van der Waals surface area (Å²) in [4.78, 5) is 28.2. The van der Waals surface area contributed by atoms with Crippen LogP contribution in [0.5, 0.6) is 0 Å². The number of nitrogens with one attached hydrogen (secondary N) is 2. The highest BCUT2D eigenvalue weighted by molar-refractivity contribution is 7.80. The van der Waals surface area contributed by atoms with Crippen molar-refractivity contribution in [2.75, 3.05) is 6.54 Å². The maximum absolute atomic E-state index is 12.5. The molecule has 2 aliphatic heterocycles. The quantitative estimate of drug-likeness (QED) is 0.599. The average molecular weight is 398 g/mol. The summed E-state index contributed by atoms with van der Waals surface area (Å²) < 4.78 is 0. The van der Waals surface area contributed by atoms with E-state index in [2.05, 4.69) is 23.6 Å². The van der Waals surface area contributed by atoms with Crippen molar-refractivity contribution in [1.29, 1.82) is 0 Å². The lowest BCUT2D eigenvalue weighted by atomic mass is 10.1. The maximum atomic E-state index is 12.5. The van der Waals surface area contributed by atoms with Gasteiger partial charge in [-0.15, -0.1) is 11.3 Å². The van der Waals surface area contributed by atoms with Crippen molar-refractivity contribution in [2.45, 2.75) is 26.3 Å². The Kier molecular flexibility index (Phi) is 4.80. The summed E-state index contributed by atoms with van der Waals surface area (Å²) in [6.45, 7) is 3.63. The Morgan fingerprint density at radius 3 is 2.81 bits per heavy atom. The van der Waals surface area contributed by atoms with Crippen molar-refractivity contribution < 1.29 is 9.59 Å². The molecule has 1 aromatic carbocycles. The van der Waals surface area contributed by atoms with Crippen LogP contribution in [0.4, 0.5) is 0 Å². The van der Waals surface area contributed by atoms with E-state index in [1.54, 1.807) is 17.4 Å². The Bertz CT molecular complexity index is 977. The summed E-state index contributed by atoms with van der Waals surface area (Å²) in [5, 5.41) is 5.75. The molecule has 0 bridgehead atoms. The molecule has 0 spiro atoms. The second kappa shape index (κ2) is 7.25. The smallest absolute Gasteiger partial charge is 0.273 e. The molecule has 0 aliphatic carbocycles. The molecule has 0 unspecified atom stereocenters. The zero-order valence-electron chi connectivity index (χ0n) is 14.9. The normalized spacial score (nSPS) is 17.4. The van der Waals surface area contributed by atoms with Crippen LogP contribution >= 0.6 is 23.6 Å². The van der Waals surface area contributed by atoms with E-state index in [0.29, 0.717) is 17.4 Å². The number of nitrogens with zero attached hydrogens (tertiary/aromatic N) is 1. The Hall–Kier alpha value is -2.51. The molecule has 0 atom stereocenters. The van der Waals surface area contributed by atoms with Gasteiger partial charge in [0.25, 0.3) is 11.8 Å². The van der Waals surface area contributed by atoms with E-state index in [4.69, 9.17) is 12.2 Å². The molecule has 0 radical (unpaired) electrons. The molecule has 27 heavy (non-hydrogen) atoms. The van der Waals surface area contributed by atoms with E-state index in [0.717, 1.165) is 45.8 Å². The summed E-state index contributed by atoms with van der Waals surface area (Å²) in [5.41, 5.74) is 3.45. The van der Waals surface area contributed by atoms with Gasteiger partial charge in [-0.1, -0.05) is 19.4 Å². The molecule has 3 heterocycles. The van der Waals surface area contributed by atoms with Crippen LogP contribution in [0, 0.1) is 0 Å². The van der Waals surface area contributed by atoms with Gasteiger partial charge in [0.1, 0.15) is 5.70 Å². The number of amides is 2. The Morgan fingerprint density at radius 2 is 2.07 bits per heavy atom. The fourth-order valence-corrected chi connectivity index (χ4v) is 4.42. The first-order chi connectivity index (χ1) is 13.0. The minimum absolute atomic E-state index is 0.135. The molecule has 5 nitrogen and oxygen atoms in total. The van der Waals surface area contributed by atoms with E-state index >= 15 is 0 Å². The zero-order chi connectivity index (χ0) is 19.0. The van der Waals surface area contributed by atoms with Gasteiger partial charge in [0.05, 0.1) is 0 Å². The van der Waals surface area contributed by atoms with Crippen molar-refractivity contribution in [2.24, 2.45) is 0 Å². The zero-order valence-corrected chi connectivity index (χ0v) is 16.5. The summed E-state index contributed by atoms with van der Waals surface area (Å²) in [6.07, 6.45) is 3.91. The molecule has 0 saturated carbocycles. The minimum Gasteiger partial charge on any atom is -0.334 e. The SMILES string of the molecule is CCCCN1Cc2cc(-c3ccc(/C=C4/NC(=S)NC4=O)s3)ccc2C1=O. The van der Waals surface area contributed by atoms with E-state index in [9.17, 15) is 9.59 Å². The molecule has 2 aromatic rings. The first kappa shape index (κ1) is 17.9. The van der Waals surface area contributed by atoms with Gasteiger partial charge < -0.3 is 10.2 Å². The third kappa shape index (κ3) is 3.52. The van der Waals surface area contributed by atoms with Crippen LogP contribution in [-0.2, 0) is 11.3 Å². The van der Waals surface area contributed by atoms with Crippen molar-refractivity contribution >= 4 is 46.6 Å². The Morgan fingerprint density at radius 1 is 1.22 bits per heavy atom. The number of benzene rings is 1. The Labute approximate surface area is 167 Å². The molecule has 1 aromatic heterocycles. The van der Waals surface area contributed by atoms with Crippen LogP contribution in [0.15, 0.2) is 36.0 Å². The molecule has 2 aliphatic rings. The van der Waals surface area contributed by atoms with Crippen molar-refractivity contribution in [3.05, 3.63) is 52.0 Å². The second-order valence-corrected chi connectivity index (χ2v) is 8.14. The van der Waals surface area contributed by atoms with Gasteiger partial charge in [-0.25, -0.2) is 0 Å². The number of thiocarbonyl (C=S) groups is 1. The summed E-state index contributed by atoms with van der Waals surface area (Å²) in [5.74, 6) is -0.0749. The summed E-state index contributed by atoms with van der Waals surface area (Å²) >= 11 is 6.55. The molecular weight excluding hydrogens is 378 g/mol. The lowest BCUT2D eigenvalue weighted by Crippen LogP contribution is -2.24. The molecule has 2 amide bonds. The lowest BCUT2D eigenvalue weighted by molar-refractivity contribution is -0.115. The van der Waals surface area contributed by atoms with Gasteiger partial charge in [0.15, 0.2) is 5.11 Å². The number of rotatable bonds is 5. The number of carbonyl (C=O) groups excluding carboxylic acids is 2. The van der Waals surface area contributed by atoms with E-state index in [1.807, 2.05) is 29.2 Å². The van der Waals surface area contributed by atoms with Crippen LogP contribution < -0.4 is 10.6 Å². The van der Waals surface area contributed by atoms with Crippen molar-refractivity contribution in [3.8, 4) is 10.4 Å². The van der Waals surface area contributed by atoms with Crippen LogP contribution in [0.25, 0.3) is 16.5 Å². The minimum atomic E-state index is -0.210. The third-order valence-electron chi connectivity index (χ3n) is 4.68. The predicted molar refractivity (Wildman–Crippen MR) is 111 cm³/mol. The topological polar surface area (TPSA) is 61.4 Å². The largest absolute Gasteiger partial charge is 0.334 e. The summed E-state index contributed by atoms with van der Waals surface area (Å²) in [7, 11) is 0. The van der Waals surface area contributed by atoms with Crippen LogP contribution in [-0.4, -0.2) is 28.4 Å². The average Bonchev–Trinajstić information content (AvgIpc) is 3.32. The Balaban J connectivity index is 1.56. The molecule has 7 heteroatoms. The highest BCUT2D eigenvalue weighted by atomic mass is 32.1. The van der Waals surface area contributed by atoms with Gasteiger partial charge in [-0.2, -0.15) is 0 Å².